The van der Waals surface area contributed by atoms with Gasteiger partial charge in [-0.3, -0.25) is 0 Å². The molecule has 0 aliphatic carbocycles. The average Bonchev–Trinajstić information content (AvgIpc) is 2.26. The van der Waals surface area contributed by atoms with Gasteiger partial charge in [-0.05, 0) is 33.9 Å². The van der Waals surface area contributed by atoms with Gasteiger partial charge in [0.05, 0.1) is 6.20 Å². The Morgan fingerprint density at radius 3 is 2.71 bits per heavy atom. The van der Waals surface area contributed by atoms with Gasteiger partial charge in [0, 0.05) is 18.7 Å². The van der Waals surface area contributed by atoms with Crippen LogP contribution in [0.4, 0.5) is 14.6 Å². The van der Waals surface area contributed by atoms with Crippen molar-refractivity contribution < 1.29 is 8.78 Å². The standard InChI is InChI=1S/C12H19F2N3/c1-9(2)17(3)6-4-5-15-12-11(14)7-10(13)8-16-12/h7-9H,4-6H2,1-3H3,(H,15,16). The van der Waals surface area contributed by atoms with E-state index in [0.717, 1.165) is 25.2 Å². The van der Waals surface area contributed by atoms with Crippen LogP contribution in [0.3, 0.4) is 0 Å². The summed E-state index contributed by atoms with van der Waals surface area (Å²) in [6.45, 7) is 5.78. The van der Waals surface area contributed by atoms with Crippen LogP contribution in [0.25, 0.3) is 0 Å². The molecule has 96 valence electrons. The molecule has 3 nitrogen and oxygen atoms in total. The molecule has 0 bridgehead atoms. The second-order valence-electron chi connectivity index (χ2n) is 4.34. The normalized spacial score (nSPS) is 11.2. The Balaban J connectivity index is 2.31. The minimum absolute atomic E-state index is 0.110. The van der Waals surface area contributed by atoms with Gasteiger partial charge in [0.15, 0.2) is 11.6 Å². The lowest BCUT2D eigenvalue weighted by Gasteiger charge is -2.20. The van der Waals surface area contributed by atoms with E-state index in [4.69, 9.17) is 0 Å². The van der Waals surface area contributed by atoms with Gasteiger partial charge in [-0.2, -0.15) is 0 Å². The average molecular weight is 243 g/mol. The Labute approximate surface area is 101 Å². The predicted molar refractivity (Wildman–Crippen MR) is 65.0 cm³/mol. The van der Waals surface area contributed by atoms with Crippen LogP contribution in [0.2, 0.25) is 0 Å². The summed E-state index contributed by atoms with van der Waals surface area (Å²) in [5.41, 5.74) is 0. The maximum absolute atomic E-state index is 13.2. The molecule has 0 unspecified atom stereocenters. The van der Waals surface area contributed by atoms with Crippen molar-refractivity contribution >= 4 is 5.82 Å². The van der Waals surface area contributed by atoms with Gasteiger partial charge < -0.3 is 10.2 Å². The van der Waals surface area contributed by atoms with Crippen LogP contribution in [-0.4, -0.2) is 36.1 Å². The number of halogens is 2. The topological polar surface area (TPSA) is 28.2 Å². The fourth-order valence-electron chi connectivity index (χ4n) is 1.34. The maximum Gasteiger partial charge on any atom is 0.168 e. The molecule has 1 N–H and O–H groups in total. The number of nitrogens with one attached hydrogen (secondary N) is 1. The fourth-order valence-corrected chi connectivity index (χ4v) is 1.34. The molecule has 0 saturated heterocycles. The molecular weight excluding hydrogens is 224 g/mol. The highest BCUT2D eigenvalue weighted by Gasteiger charge is 2.05. The number of hydrogen-bond acceptors (Lipinski definition) is 3. The van der Waals surface area contributed by atoms with Gasteiger partial charge in [0.25, 0.3) is 0 Å². The summed E-state index contributed by atoms with van der Waals surface area (Å²) in [6.07, 6.45) is 1.89. The zero-order valence-corrected chi connectivity index (χ0v) is 10.5. The Hall–Kier alpha value is -1.23. The molecule has 0 spiro atoms. The lowest BCUT2D eigenvalue weighted by atomic mass is 10.3. The van der Waals surface area contributed by atoms with E-state index in [-0.39, 0.29) is 5.82 Å². The number of nitrogens with zero attached hydrogens (tertiary/aromatic N) is 2. The van der Waals surface area contributed by atoms with E-state index < -0.39 is 11.6 Å². The van der Waals surface area contributed by atoms with Crippen molar-refractivity contribution in [3.8, 4) is 0 Å². The first-order chi connectivity index (χ1) is 8.00. The van der Waals surface area contributed by atoms with E-state index >= 15 is 0 Å². The van der Waals surface area contributed by atoms with E-state index in [1.807, 2.05) is 7.05 Å². The van der Waals surface area contributed by atoms with Crippen LogP contribution < -0.4 is 5.32 Å². The number of rotatable bonds is 6. The van der Waals surface area contributed by atoms with E-state index in [2.05, 4.69) is 29.0 Å². The van der Waals surface area contributed by atoms with Crippen molar-refractivity contribution in [2.45, 2.75) is 26.3 Å². The lowest BCUT2D eigenvalue weighted by molar-refractivity contribution is 0.273. The summed E-state index contributed by atoms with van der Waals surface area (Å²) in [5.74, 6) is -1.20. The van der Waals surface area contributed by atoms with Crippen molar-refractivity contribution in [3.05, 3.63) is 23.9 Å². The molecule has 0 aromatic carbocycles. The second kappa shape index (κ2) is 6.49. The van der Waals surface area contributed by atoms with Crippen molar-refractivity contribution in [3.63, 3.8) is 0 Å². The third-order valence-corrected chi connectivity index (χ3v) is 2.67. The zero-order chi connectivity index (χ0) is 12.8. The van der Waals surface area contributed by atoms with Crippen LogP contribution in [0, 0.1) is 11.6 Å². The molecule has 1 aromatic heterocycles. The van der Waals surface area contributed by atoms with Gasteiger partial charge in [-0.15, -0.1) is 0 Å². The number of anilines is 1. The largest absolute Gasteiger partial charge is 0.368 e. The molecule has 0 fully saturated rings. The first-order valence-corrected chi connectivity index (χ1v) is 5.76. The van der Waals surface area contributed by atoms with Crippen LogP contribution in [0.1, 0.15) is 20.3 Å². The minimum Gasteiger partial charge on any atom is -0.368 e. The third-order valence-electron chi connectivity index (χ3n) is 2.67. The van der Waals surface area contributed by atoms with E-state index in [1.165, 1.54) is 0 Å². The lowest BCUT2D eigenvalue weighted by Crippen LogP contribution is -2.28. The van der Waals surface area contributed by atoms with Gasteiger partial charge in [-0.25, -0.2) is 13.8 Å². The maximum atomic E-state index is 13.2. The van der Waals surface area contributed by atoms with Gasteiger partial charge in [0.2, 0.25) is 0 Å². The minimum atomic E-state index is -0.660. The summed E-state index contributed by atoms with van der Waals surface area (Å²) in [6, 6.07) is 1.32. The van der Waals surface area contributed by atoms with E-state index in [0.29, 0.717) is 12.6 Å². The number of aromatic nitrogens is 1. The zero-order valence-electron chi connectivity index (χ0n) is 10.5. The Kier molecular flexibility index (Phi) is 5.28. The highest BCUT2D eigenvalue weighted by atomic mass is 19.1. The quantitative estimate of drug-likeness (QED) is 0.778. The monoisotopic (exact) mass is 243 g/mol. The van der Waals surface area contributed by atoms with Gasteiger partial charge in [0.1, 0.15) is 5.82 Å². The molecule has 0 aliphatic rings. The summed E-state index contributed by atoms with van der Waals surface area (Å²) in [4.78, 5) is 5.86. The Morgan fingerprint density at radius 2 is 2.12 bits per heavy atom. The highest BCUT2D eigenvalue weighted by Crippen LogP contribution is 2.10. The smallest absolute Gasteiger partial charge is 0.168 e. The molecule has 0 radical (unpaired) electrons. The Bertz CT molecular complexity index is 356. The van der Waals surface area contributed by atoms with E-state index in [9.17, 15) is 8.78 Å². The van der Waals surface area contributed by atoms with Crippen LogP contribution >= 0.6 is 0 Å². The molecule has 17 heavy (non-hydrogen) atoms. The fraction of sp³-hybridized carbons (Fsp3) is 0.583. The van der Waals surface area contributed by atoms with Crippen molar-refractivity contribution in [1.29, 1.82) is 0 Å². The van der Waals surface area contributed by atoms with Crippen LogP contribution in [0.15, 0.2) is 12.3 Å². The summed E-state index contributed by atoms with van der Waals surface area (Å²) in [7, 11) is 2.04. The number of pyridine rings is 1. The van der Waals surface area contributed by atoms with Gasteiger partial charge in [-0.1, -0.05) is 0 Å². The SMILES string of the molecule is CC(C)N(C)CCCNc1ncc(F)cc1F. The van der Waals surface area contributed by atoms with Crippen LogP contribution in [-0.2, 0) is 0 Å². The van der Waals surface area contributed by atoms with Crippen LogP contribution in [0.5, 0.6) is 0 Å². The molecule has 0 atom stereocenters. The molecular formula is C12H19F2N3. The number of hydrogen-bond donors (Lipinski definition) is 1. The van der Waals surface area contributed by atoms with Crippen molar-refractivity contribution in [1.82, 2.24) is 9.88 Å². The second-order valence-corrected chi connectivity index (χ2v) is 4.34. The van der Waals surface area contributed by atoms with E-state index in [1.54, 1.807) is 0 Å². The molecule has 1 rings (SSSR count). The molecule has 0 saturated carbocycles. The highest BCUT2D eigenvalue weighted by molar-refractivity contribution is 5.35. The third kappa shape index (κ3) is 4.65. The molecule has 5 heteroatoms. The molecule has 0 aliphatic heterocycles. The predicted octanol–water partition coefficient (Wildman–Crippen LogP) is 2.50. The first kappa shape index (κ1) is 13.8. The van der Waals surface area contributed by atoms with Gasteiger partial charge >= 0.3 is 0 Å². The van der Waals surface area contributed by atoms with Crippen molar-refractivity contribution in [2.24, 2.45) is 0 Å². The van der Waals surface area contributed by atoms with Crippen molar-refractivity contribution in [2.75, 3.05) is 25.5 Å². The summed E-state index contributed by atoms with van der Waals surface area (Å²) >= 11 is 0. The molecule has 0 amide bonds. The molecule has 1 heterocycles. The summed E-state index contributed by atoms with van der Waals surface area (Å²) < 4.78 is 25.8. The molecule has 1 aromatic rings. The summed E-state index contributed by atoms with van der Waals surface area (Å²) in [5, 5.41) is 2.85. The Morgan fingerprint density at radius 1 is 1.41 bits per heavy atom. The first-order valence-electron chi connectivity index (χ1n) is 5.76.